The van der Waals surface area contributed by atoms with Crippen LogP contribution >= 0.6 is 0 Å². The summed E-state index contributed by atoms with van der Waals surface area (Å²) in [7, 11) is 0. The van der Waals surface area contributed by atoms with Crippen LogP contribution in [-0.4, -0.2) is 88.1 Å². The summed E-state index contributed by atoms with van der Waals surface area (Å²) in [5.74, 6) is -2.35. The summed E-state index contributed by atoms with van der Waals surface area (Å²) in [6, 6.07) is 7.36. The third kappa shape index (κ3) is 8.69. The van der Waals surface area contributed by atoms with E-state index in [0.717, 1.165) is 25.7 Å². The second-order valence-corrected chi connectivity index (χ2v) is 9.56. The van der Waals surface area contributed by atoms with Crippen LogP contribution in [0.4, 0.5) is 4.79 Å². The van der Waals surface area contributed by atoms with Crippen LogP contribution in [0, 0.1) is 0 Å². The largest absolute Gasteiger partial charge is 0.455 e. The smallest absolute Gasteiger partial charge is 0.411 e. The minimum atomic E-state index is -1.63. The summed E-state index contributed by atoms with van der Waals surface area (Å²) in [6.07, 6.45) is -8.26. The Morgan fingerprint density at radius 3 is 1.97 bits per heavy atom. The molecule has 12 heteroatoms. The maximum Gasteiger partial charge on any atom is 0.411 e. The number of carbonyl (C=O) groups is 4. The normalized spacial score (nSPS) is 22.9. The van der Waals surface area contributed by atoms with Gasteiger partial charge in [0.1, 0.15) is 17.8 Å². The Hall–Kier alpha value is -3.22. The Labute approximate surface area is 215 Å². The number of rotatable bonds is 9. The lowest BCUT2D eigenvalue weighted by Gasteiger charge is -2.39. The fourth-order valence-electron chi connectivity index (χ4n) is 3.93. The number of esters is 3. The highest BCUT2D eigenvalue weighted by molar-refractivity contribution is 5.70. The van der Waals surface area contributed by atoms with Crippen molar-refractivity contribution in [2.75, 3.05) is 6.61 Å². The van der Waals surface area contributed by atoms with Crippen LogP contribution in [0.2, 0.25) is 0 Å². The van der Waals surface area contributed by atoms with Crippen LogP contribution in [0.3, 0.4) is 0 Å². The van der Waals surface area contributed by atoms with Crippen molar-refractivity contribution in [2.24, 2.45) is 0 Å². The predicted molar refractivity (Wildman–Crippen MR) is 127 cm³/mol. The molecule has 0 radical (unpaired) electrons. The zero-order chi connectivity index (χ0) is 27.9. The maximum atomic E-state index is 13.4. The van der Waals surface area contributed by atoms with Crippen molar-refractivity contribution >= 4 is 24.0 Å². The van der Waals surface area contributed by atoms with Crippen LogP contribution in [0.25, 0.3) is 0 Å². The number of aliphatic hydroxyl groups excluding tert-OH is 2. The summed E-state index contributed by atoms with van der Waals surface area (Å²) in [4.78, 5) is 50.1. The highest BCUT2D eigenvalue weighted by Gasteiger charge is 2.57. The van der Waals surface area contributed by atoms with Crippen molar-refractivity contribution in [1.82, 2.24) is 4.90 Å². The molecular weight excluding hydrogens is 490 g/mol. The molecule has 0 aliphatic carbocycles. The van der Waals surface area contributed by atoms with Gasteiger partial charge in [-0.3, -0.25) is 19.3 Å². The van der Waals surface area contributed by atoms with Gasteiger partial charge in [-0.25, -0.2) is 4.79 Å². The van der Waals surface area contributed by atoms with E-state index in [-0.39, 0.29) is 6.54 Å². The molecule has 1 amide bonds. The number of aliphatic hydroxyl groups is 2. The summed E-state index contributed by atoms with van der Waals surface area (Å²) in [5.41, 5.74) is -0.272. The second-order valence-electron chi connectivity index (χ2n) is 9.56. The van der Waals surface area contributed by atoms with Crippen molar-refractivity contribution in [3.63, 3.8) is 0 Å². The lowest BCUT2D eigenvalue weighted by molar-refractivity contribution is -0.199. The molecule has 1 saturated heterocycles. The van der Waals surface area contributed by atoms with Crippen LogP contribution < -0.4 is 0 Å². The van der Waals surface area contributed by atoms with Crippen molar-refractivity contribution in [1.29, 1.82) is 0 Å². The van der Waals surface area contributed by atoms with Crippen molar-refractivity contribution in [3.05, 3.63) is 35.9 Å². The van der Waals surface area contributed by atoms with E-state index in [2.05, 4.69) is 0 Å². The van der Waals surface area contributed by atoms with Gasteiger partial charge in [0, 0.05) is 27.3 Å². The molecule has 6 atom stereocenters. The highest BCUT2D eigenvalue weighted by atomic mass is 16.7. The molecule has 1 fully saturated rings. The van der Waals surface area contributed by atoms with E-state index in [9.17, 15) is 29.4 Å². The number of benzene rings is 1. The Morgan fingerprint density at radius 2 is 1.49 bits per heavy atom. The zero-order valence-corrected chi connectivity index (χ0v) is 21.8. The van der Waals surface area contributed by atoms with Gasteiger partial charge in [-0.05, 0) is 26.3 Å². The number of hydrogen-bond donors (Lipinski definition) is 2. The molecule has 12 nitrogen and oxygen atoms in total. The minimum Gasteiger partial charge on any atom is -0.455 e. The molecular formula is C25H35NO11. The van der Waals surface area contributed by atoms with Gasteiger partial charge in [-0.1, -0.05) is 30.3 Å². The Kier molecular flexibility index (Phi) is 10.4. The first-order chi connectivity index (χ1) is 17.2. The molecule has 2 rings (SSSR count). The number of ether oxygens (including phenoxy) is 5. The van der Waals surface area contributed by atoms with Crippen molar-refractivity contribution in [3.8, 4) is 0 Å². The van der Waals surface area contributed by atoms with E-state index in [1.165, 1.54) is 0 Å². The minimum absolute atomic E-state index is 0.0966. The SMILES string of the molecule is CC(=O)O[C@@H]1O[C@H]([C@@H]([C@H](O)CO)N(Cc2ccccc2)C(=O)OC(C)(C)C)[C@@H](OC(C)=O)[C@H]1OC(C)=O. The van der Waals surface area contributed by atoms with Gasteiger partial charge >= 0.3 is 24.0 Å². The molecule has 1 aliphatic heterocycles. The number of amides is 1. The first-order valence-electron chi connectivity index (χ1n) is 11.7. The lowest BCUT2D eigenvalue weighted by atomic mass is 9.96. The van der Waals surface area contributed by atoms with Gasteiger partial charge in [0.2, 0.25) is 12.4 Å². The topological polar surface area (TPSA) is 158 Å². The average molecular weight is 526 g/mol. The summed E-state index contributed by atoms with van der Waals surface area (Å²) in [5, 5.41) is 20.8. The second kappa shape index (κ2) is 12.8. The number of nitrogens with zero attached hydrogens (tertiary/aromatic N) is 1. The van der Waals surface area contributed by atoms with Gasteiger partial charge in [-0.15, -0.1) is 0 Å². The van der Waals surface area contributed by atoms with Gasteiger partial charge in [0.05, 0.1) is 12.6 Å². The van der Waals surface area contributed by atoms with Crippen LogP contribution in [0.15, 0.2) is 30.3 Å². The van der Waals surface area contributed by atoms with E-state index in [1.54, 1.807) is 51.1 Å². The van der Waals surface area contributed by atoms with Gasteiger partial charge in [-0.2, -0.15) is 0 Å². The molecule has 1 heterocycles. The Balaban J connectivity index is 2.62. The summed E-state index contributed by atoms with van der Waals surface area (Å²) in [6.45, 7) is 7.37. The summed E-state index contributed by atoms with van der Waals surface area (Å²) >= 11 is 0. The number of carbonyl (C=O) groups excluding carboxylic acids is 4. The Bertz CT molecular complexity index is 946. The fraction of sp³-hybridized carbons (Fsp3) is 0.600. The van der Waals surface area contributed by atoms with Crippen LogP contribution in [0.1, 0.15) is 47.1 Å². The van der Waals surface area contributed by atoms with E-state index in [0.29, 0.717) is 5.56 Å². The zero-order valence-electron chi connectivity index (χ0n) is 21.8. The standard InChI is InChI=1S/C25H35NO11/c1-14(28)33-21-20(36-23(35-16(3)30)22(21)34-15(2)29)19(18(31)13-27)26(24(32)37-25(4,5)6)12-17-10-8-7-9-11-17/h7-11,18-23,27,31H,12-13H2,1-6H3/t18-,19-,20-,21-,22-,23-/m1/s1. The third-order valence-corrected chi connectivity index (χ3v) is 5.19. The van der Waals surface area contributed by atoms with Crippen molar-refractivity contribution in [2.45, 2.75) is 90.4 Å². The van der Waals surface area contributed by atoms with Gasteiger partial charge in [0.25, 0.3) is 0 Å². The molecule has 0 saturated carbocycles. The molecule has 206 valence electrons. The molecule has 2 N–H and O–H groups in total. The van der Waals surface area contributed by atoms with Crippen LogP contribution in [0.5, 0.6) is 0 Å². The molecule has 0 unspecified atom stereocenters. The van der Waals surface area contributed by atoms with Gasteiger partial charge in [0.15, 0.2) is 6.10 Å². The quantitative estimate of drug-likeness (QED) is 0.353. The molecule has 0 spiro atoms. The molecule has 0 bridgehead atoms. The molecule has 1 aromatic carbocycles. The Morgan fingerprint density at radius 1 is 0.946 bits per heavy atom. The summed E-state index contributed by atoms with van der Waals surface area (Å²) < 4.78 is 27.3. The lowest BCUT2D eigenvalue weighted by Crippen LogP contribution is -2.58. The molecule has 0 aromatic heterocycles. The van der Waals surface area contributed by atoms with Crippen molar-refractivity contribution < 1.29 is 53.1 Å². The average Bonchev–Trinajstić information content (AvgIpc) is 3.07. The first-order valence-corrected chi connectivity index (χ1v) is 11.7. The first kappa shape index (κ1) is 30.0. The van der Waals surface area contributed by atoms with Gasteiger partial charge < -0.3 is 33.9 Å². The van der Waals surface area contributed by atoms with E-state index in [4.69, 9.17) is 23.7 Å². The highest BCUT2D eigenvalue weighted by Crippen LogP contribution is 2.34. The van der Waals surface area contributed by atoms with Crippen LogP contribution in [-0.2, 0) is 44.6 Å². The predicted octanol–water partition coefficient (Wildman–Crippen LogP) is 1.30. The van der Waals surface area contributed by atoms with E-state index < -0.39 is 73.0 Å². The monoisotopic (exact) mass is 525 g/mol. The van der Waals surface area contributed by atoms with E-state index in [1.807, 2.05) is 0 Å². The number of hydrogen-bond acceptors (Lipinski definition) is 11. The molecule has 1 aromatic rings. The molecule has 37 heavy (non-hydrogen) atoms. The molecule has 1 aliphatic rings. The van der Waals surface area contributed by atoms with E-state index >= 15 is 0 Å². The maximum absolute atomic E-state index is 13.4. The third-order valence-electron chi connectivity index (χ3n) is 5.19. The fourth-order valence-corrected chi connectivity index (χ4v) is 3.93.